The summed E-state index contributed by atoms with van der Waals surface area (Å²) in [5.74, 6) is 1.31. The van der Waals surface area contributed by atoms with Crippen LogP contribution in [0.15, 0.2) is 66.7 Å². The molecule has 0 saturated heterocycles. The molecule has 1 aliphatic rings. The summed E-state index contributed by atoms with van der Waals surface area (Å²) in [6.45, 7) is 5.55. The summed E-state index contributed by atoms with van der Waals surface area (Å²) in [5, 5.41) is 9.67. The molecule has 0 bridgehead atoms. The molecule has 1 N–H and O–H groups in total. The minimum Gasteiger partial charge on any atom is -0.478 e. The second kappa shape index (κ2) is 14.8. The Bertz CT molecular complexity index is 1080. The van der Waals surface area contributed by atoms with Crippen LogP contribution >= 0.6 is 0 Å². The largest absolute Gasteiger partial charge is 0.478 e. The molecule has 2 aromatic carbocycles. The van der Waals surface area contributed by atoms with Gasteiger partial charge in [-0.15, -0.1) is 0 Å². The predicted molar refractivity (Wildman–Crippen MR) is 152 cm³/mol. The Morgan fingerprint density at radius 1 is 0.946 bits per heavy atom. The van der Waals surface area contributed by atoms with Crippen LogP contribution in [0.3, 0.4) is 0 Å². The van der Waals surface area contributed by atoms with Crippen LogP contribution in [-0.4, -0.2) is 51.3 Å². The molecule has 4 nitrogen and oxygen atoms in total. The number of carbonyl (C=O) groups is 1. The molecule has 0 spiro atoms. The van der Waals surface area contributed by atoms with E-state index in [9.17, 15) is 9.90 Å². The molecule has 0 unspecified atom stereocenters. The van der Waals surface area contributed by atoms with Gasteiger partial charge in [0.1, 0.15) is 5.75 Å². The summed E-state index contributed by atoms with van der Waals surface area (Å²) in [4.78, 5) is 11.8. The monoisotopic (exact) mass is 510 g/mol. The van der Waals surface area contributed by atoms with E-state index in [2.05, 4.69) is 30.5 Å². The quantitative estimate of drug-likeness (QED) is 0.202. The van der Waals surface area contributed by atoms with Gasteiger partial charge in [-0.2, -0.15) is 0 Å². The van der Waals surface area contributed by atoms with Gasteiger partial charge in [-0.1, -0.05) is 75.8 Å². The number of hydrogen-bond donors (Lipinski definition) is 1. The van der Waals surface area contributed by atoms with Crippen molar-refractivity contribution in [1.29, 1.82) is 0 Å². The van der Waals surface area contributed by atoms with E-state index >= 15 is 0 Å². The zero-order valence-corrected chi connectivity index (χ0v) is 24.9. The first-order chi connectivity index (χ1) is 17.5. The van der Waals surface area contributed by atoms with Gasteiger partial charge in [-0.25, -0.2) is 4.79 Å². The first-order valence-electron chi connectivity index (χ1n) is 13.7. The fourth-order valence-corrected chi connectivity index (χ4v) is 5.58. The van der Waals surface area contributed by atoms with Crippen LogP contribution in [0.1, 0.15) is 69.5 Å². The fraction of sp³-hybridized carbons (Fsp3) is 0.469. The molecule has 37 heavy (non-hydrogen) atoms. The molecular weight excluding hydrogens is 469 g/mol. The molecule has 3 aromatic rings. The molecule has 1 atom stereocenters. The second-order valence-electron chi connectivity index (χ2n) is 10.5. The van der Waals surface area contributed by atoms with Crippen molar-refractivity contribution in [1.82, 2.24) is 4.57 Å². The summed E-state index contributed by atoms with van der Waals surface area (Å²) in [6.07, 6.45) is 10.3. The summed E-state index contributed by atoms with van der Waals surface area (Å²) in [5.41, 5.74) is 4.61. The maximum Gasteiger partial charge on any atom is 0.345 e. The number of nitrogens with zero attached hydrogens (tertiary/aromatic N) is 1. The van der Waals surface area contributed by atoms with E-state index in [1.54, 1.807) is 0 Å². The molecule has 1 saturated carbocycles. The molecule has 5 heteroatoms. The number of aromatic nitrogens is 1. The number of carboxylic acids is 1. The Balaban J connectivity index is 0.00000380. The van der Waals surface area contributed by atoms with Crippen LogP contribution in [0.5, 0.6) is 5.75 Å². The fourth-order valence-electron chi connectivity index (χ4n) is 5.58. The summed E-state index contributed by atoms with van der Waals surface area (Å²) < 4.78 is 8.33. The SMILES string of the molecule is CCCCCC1CCC(Cn2c(C)ccc2-c2ccc(O[C@H](Cc3ccccc3)C(=O)O)cc2)CC1.[Na]. The zero-order chi connectivity index (χ0) is 25.3. The average molecular weight is 511 g/mol. The van der Waals surface area contributed by atoms with E-state index in [4.69, 9.17) is 4.74 Å². The molecular formula is C32H41NNaO3. The number of unbranched alkanes of at least 4 members (excludes halogenated alkanes) is 2. The molecule has 1 fully saturated rings. The third-order valence-corrected chi connectivity index (χ3v) is 7.79. The van der Waals surface area contributed by atoms with Crippen molar-refractivity contribution in [3.8, 4) is 17.0 Å². The van der Waals surface area contributed by atoms with E-state index in [1.165, 1.54) is 62.8 Å². The average Bonchev–Trinajstić information content (AvgIpc) is 3.25. The number of aryl methyl sites for hydroxylation is 1. The molecule has 1 aliphatic carbocycles. The number of carboxylic acid groups (broad SMARTS) is 1. The van der Waals surface area contributed by atoms with Gasteiger partial charge in [0.05, 0.1) is 0 Å². The smallest absolute Gasteiger partial charge is 0.345 e. The van der Waals surface area contributed by atoms with Crippen molar-refractivity contribution in [2.24, 2.45) is 11.8 Å². The minimum absolute atomic E-state index is 0. The van der Waals surface area contributed by atoms with E-state index in [0.29, 0.717) is 12.2 Å². The maximum absolute atomic E-state index is 11.8. The van der Waals surface area contributed by atoms with Crippen LogP contribution in [0.2, 0.25) is 0 Å². The van der Waals surface area contributed by atoms with Gasteiger partial charge < -0.3 is 14.4 Å². The van der Waals surface area contributed by atoms with Crippen molar-refractivity contribution in [3.05, 3.63) is 78.0 Å². The molecule has 4 rings (SSSR count). The summed E-state index contributed by atoms with van der Waals surface area (Å²) >= 11 is 0. The predicted octanol–water partition coefficient (Wildman–Crippen LogP) is 7.54. The number of hydrogen-bond acceptors (Lipinski definition) is 2. The van der Waals surface area contributed by atoms with Gasteiger partial charge in [-0.3, -0.25) is 0 Å². The van der Waals surface area contributed by atoms with Gasteiger partial charge in [-0.05, 0) is 79.1 Å². The number of aliphatic carboxylic acids is 1. The number of benzene rings is 2. The number of ether oxygens (including phenoxy) is 1. The van der Waals surface area contributed by atoms with Gasteiger partial charge in [0, 0.05) is 53.9 Å². The van der Waals surface area contributed by atoms with Crippen molar-refractivity contribution >= 4 is 35.5 Å². The molecule has 0 aliphatic heterocycles. The Kier molecular flexibility index (Phi) is 11.8. The van der Waals surface area contributed by atoms with E-state index in [-0.39, 0.29) is 29.6 Å². The Hall–Kier alpha value is -2.01. The topological polar surface area (TPSA) is 51.5 Å². The van der Waals surface area contributed by atoms with Gasteiger partial charge in [0.25, 0.3) is 0 Å². The molecule has 1 radical (unpaired) electrons. The molecule has 1 aromatic heterocycles. The second-order valence-corrected chi connectivity index (χ2v) is 10.5. The zero-order valence-electron chi connectivity index (χ0n) is 22.9. The first-order valence-corrected chi connectivity index (χ1v) is 13.7. The summed E-state index contributed by atoms with van der Waals surface area (Å²) in [6, 6.07) is 21.9. The van der Waals surface area contributed by atoms with Gasteiger partial charge in [0.2, 0.25) is 0 Å². The van der Waals surface area contributed by atoms with E-state index in [1.807, 2.05) is 54.6 Å². The van der Waals surface area contributed by atoms with Crippen LogP contribution in [0, 0.1) is 18.8 Å². The molecule has 1 heterocycles. The van der Waals surface area contributed by atoms with Crippen LogP contribution in [0.25, 0.3) is 11.3 Å². The first kappa shape index (κ1) is 29.5. The van der Waals surface area contributed by atoms with Crippen molar-refractivity contribution in [2.45, 2.75) is 84.3 Å². The Morgan fingerprint density at radius 3 is 2.27 bits per heavy atom. The number of rotatable bonds is 12. The third-order valence-electron chi connectivity index (χ3n) is 7.79. The minimum atomic E-state index is -0.951. The van der Waals surface area contributed by atoms with Crippen molar-refractivity contribution in [2.75, 3.05) is 0 Å². The van der Waals surface area contributed by atoms with Crippen LogP contribution in [0.4, 0.5) is 0 Å². The van der Waals surface area contributed by atoms with Crippen molar-refractivity contribution < 1.29 is 14.6 Å². The Morgan fingerprint density at radius 2 is 1.62 bits per heavy atom. The molecule has 0 amide bonds. The van der Waals surface area contributed by atoms with E-state index < -0.39 is 12.1 Å². The van der Waals surface area contributed by atoms with Crippen molar-refractivity contribution in [3.63, 3.8) is 0 Å². The standard InChI is InChI=1S/C32H41NO3.Na/c1-3-4-6-9-25-13-15-27(16-14-25)23-33-24(2)12-21-30(33)28-17-19-29(20-18-28)36-31(32(34)35)22-26-10-7-5-8-11-26;/h5,7-8,10-12,17-21,25,27,31H,3-4,6,9,13-16,22-23H2,1-2H3,(H,34,35);/t25?,27?,31-;/m1./s1. The summed E-state index contributed by atoms with van der Waals surface area (Å²) in [7, 11) is 0. The van der Waals surface area contributed by atoms with E-state index in [0.717, 1.165) is 29.5 Å². The molecule has 193 valence electrons. The van der Waals surface area contributed by atoms with Crippen LogP contribution < -0.4 is 4.74 Å². The Labute approximate surface area is 244 Å². The normalized spacial score (nSPS) is 18.1. The van der Waals surface area contributed by atoms with Crippen LogP contribution in [-0.2, 0) is 17.8 Å². The maximum atomic E-state index is 11.8. The van der Waals surface area contributed by atoms with Gasteiger partial charge in [0.15, 0.2) is 6.10 Å². The third kappa shape index (κ3) is 8.49. The van der Waals surface area contributed by atoms with Gasteiger partial charge >= 0.3 is 5.97 Å².